The van der Waals surface area contributed by atoms with Gasteiger partial charge < -0.3 is 9.72 Å². The van der Waals surface area contributed by atoms with Crippen LogP contribution in [-0.2, 0) is 14.8 Å². The van der Waals surface area contributed by atoms with E-state index in [4.69, 9.17) is 4.74 Å². The molecule has 0 saturated heterocycles. The summed E-state index contributed by atoms with van der Waals surface area (Å²) in [7, 11) is -2.04. The fourth-order valence-corrected chi connectivity index (χ4v) is 4.42. The molecular weight excluding hydrogens is 276 g/mol. The number of aromatic amines is 1. The highest BCUT2D eigenvalue weighted by molar-refractivity contribution is 7.91. The third-order valence-electron chi connectivity index (χ3n) is 3.31. The number of methoxy groups -OCH3 is 1. The van der Waals surface area contributed by atoms with Crippen LogP contribution in [0.4, 0.5) is 0 Å². The maximum atomic E-state index is 12.1. The van der Waals surface area contributed by atoms with Crippen LogP contribution in [0.25, 0.3) is 0 Å². The number of hydrogen-bond donors (Lipinski definition) is 2. The van der Waals surface area contributed by atoms with Crippen molar-refractivity contribution in [3.05, 3.63) is 15.4 Å². The van der Waals surface area contributed by atoms with Gasteiger partial charge in [-0.05, 0) is 26.2 Å². The third kappa shape index (κ3) is 2.51. The standard InChI is InChI=1S/C10H16N2O4S2/c1-7-8(17-9(13)12-7)18(14,15)11-6-10(16-2)4-3-5-10/h11H,3-6H2,1-2H3,(H,12,13). The molecule has 0 radical (unpaired) electrons. The van der Waals surface area contributed by atoms with Gasteiger partial charge in [-0.15, -0.1) is 0 Å². The van der Waals surface area contributed by atoms with Crippen LogP contribution in [0.2, 0.25) is 0 Å². The average Bonchev–Trinajstić information content (AvgIpc) is 2.57. The summed E-state index contributed by atoms with van der Waals surface area (Å²) < 4.78 is 32.0. The molecule has 2 rings (SSSR count). The van der Waals surface area contributed by atoms with E-state index in [2.05, 4.69) is 9.71 Å². The summed E-state index contributed by atoms with van der Waals surface area (Å²) in [5.41, 5.74) is -0.0000188. The van der Waals surface area contributed by atoms with Crippen molar-refractivity contribution in [1.29, 1.82) is 0 Å². The Morgan fingerprint density at radius 3 is 2.56 bits per heavy atom. The Balaban J connectivity index is 2.13. The molecule has 1 fully saturated rings. The van der Waals surface area contributed by atoms with Crippen molar-refractivity contribution < 1.29 is 13.2 Å². The molecule has 0 atom stereocenters. The van der Waals surface area contributed by atoms with E-state index in [1.165, 1.54) is 0 Å². The van der Waals surface area contributed by atoms with Gasteiger partial charge in [0.2, 0.25) is 0 Å². The van der Waals surface area contributed by atoms with Gasteiger partial charge in [-0.1, -0.05) is 11.3 Å². The van der Waals surface area contributed by atoms with E-state index < -0.39 is 10.0 Å². The van der Waals surface area contributed by atoms with E-state index in [-0.39, 0.29) is 21.2 Å². The van der Waals surface area contributed by atoms with Crippen molar-refractivity contribution in [2.24, 2.45) is 0 Å². The molecule has 1 aliphatic carbocycles. The molecule has 0 aromatic carbocycles. The first-order chi connectivity index (χ1) is 8.38. The predicted octanol–water partition coefficient (Wildman–Crippen LogP) is 0.592. The van der Waals surface area contributed by atoms with E-state index in [0.717, 1.165) is 19.3 Å². The van der Waals surface area contributed by atoms with Gasteiger partial charge in [-0.3, -0.25) is 4.79 Å². The van der Waals surface area contributed by atoms with Crippen molar-refractivity contribution in [2.75, 3.05) is 13.7 Å². The SMILES string of the molecule is COC1(CNS(=O)(=O)c2sc(=O)[nH]c2C)CCC1. The smallest absolute Gasteiger partial charge is 0.305 e. The maximum Gasteiger partial charge on any atom is 0.305 e. The first-order valence-corrected chi connectivity index (χ1v) is 7.93. The van der Waals surface area contributed by atoms with Crippen molar-refractivity contribution in [3.63, 3.8) is 0 Å². The number of rotatable bonds is 5. The van der Waals surface area contributed by atoms with Gasteiger partial charge in [0.1, 0.15) is 0 Å². The lowest BCUT2D eigenvalue weighted by molar-refractivity contribution is -0.0659. The second kappa shape index (κ2) is 4.76. The van der Waals surface area contributed by atoms with Gasteiger partial charge in [-0.2, -0.15) is 0 Å². The second-order valence-electron chi connectivity index (χ2n) is 4.49. The maximum absolute atomic E-state index is 12.1. The van der Waals surface area contributed by atoms with Gasteiger partial charge in [0, 0.05) is 19.3 Å². The number of H-pyrrole nitrogens is 1. The summed E-state index contributed by atoms with van der Waals surface area (Å²) in [6.07, 6.45) is 2.76. The van der Waals surface area contributed by atoms with Crippen LogP contribution in [-0.4, -0.2) is 32.7 Å². The summed E-state index contributed by atoms with van der Waals surface area (Å²) in [6.45, 7) is 1.82. The van der Waals surface area contributed by atoms with E-state index >= 15 is 0 Å². The number of aryl methyl sites for hydroxylation is 1. The second-order valence-corrected chi connectivity index (χ2v) is 7.44. The molecule has 0 aliphatic heterocycles. The summed E-state index contributed by atoms with van der Waals surface area (Å²) >= 11 is 0.703. The van der Waals surface area contributed by atoms with Gasteiger partial charge >= 0.3 is 4.87 Å². The number of ether oxygens (including phenoxy) is 1. The highest BCUT2D eigenvalue weighted by Gasteiger charge is 2.38. The molecule has 0 unspecified atom stereocenters. The molecule has 1 saturated carbocycles. The van der Waals surface area contributed by atoms with Crippen LogP contribution in [0.3, 0.4) is 0 Å². The van der Waals surface area contributed by atoms with E-state index in [1.807, 2.05) is 0 Å². The Hall–Kier alpha value is -0.700. The fraction of sp³-hybridized carbons (Fsp3) is 0.700. The van der Waals surface area contributed by atoms with Crippen LogP contribution in [0.5, 0.6) is 0 Å². The molecule has 0 bridgehead atoms. The highest BCUT2D eigenvalue weighted by atomic mass is 32.2. The van der Waals surface area contributed by atoms with Gasteiger partial charge in [0.05, 0.1) is 5.60 Å². The molecular formula is C10H16N2O4S2. The number of aromatic nitrogens is 1. The average molecular weight is 292 g/mol. The Labute approximate surface area is 109 Å². The first kappa shape index (κ1) is 13.7. The highest BCUT2D eigenvalue weighted by Crippen LogP contribution is 2.34. The lowest BCUT2D eigenvalue weighted by Gasteiger charge is -2.40. The van der Waals surface area contributed by atoms with Gasteiger partial charge in [-0.25, -0.2) is 13.1 Å². The number of thiazole rings is 1. The number of hydrogen-bond acceptors (Lipinski definition) is 5. The number of nitrogens with one attached hydrogen (secondary N) is 2. The monoisotopic (exact) mass is 292 g/mol. The van der Waals surface area contributed by atoms with Crippen LogP contribution in [0.1, 0.15) is 25.0 Å². The Morgan fingerprint density at radius 2 is 2.17 bits per heavy atom. The minimum Gasteiger partial charge on any atom is -0.377 e. The molecule has 1 aromatic rings. The van der Waals surface area contributed by atoms with Crippen LogP contribution in [0, 0.1) is 6.92 Å². The predicted molar refractivity (Wildman–Crippen MR) is 68.5 cm³/mol. The molecule has 1 aromatic heterocycles. The Bertz CT molecular complexity index is 578. The normalized spacial score (nSPS) is 18.6. The minimum absolute atomic E-state index is 0.0538. The Kier molecular flexibility index (Phi) is 3.63. The van der Waals surface area contributed by atoms with Gasteiger partial charge in [0.15, 0.2) is 4.21 Å². The van der Waals surface area contributed by atoms with E-state index in [1.54, 1.807) is 14.0 Å². The zero-order valence-corrected chi connectivity index (χ0v) is 11.9. The zero-order chi connectivity index (χ0) is 13.4. The summed E-state index contributed by atoms with van der Waals surface area (Å²) in [4.78, 5) is 13.2. The lowest BCUT2D eigenvalue weighted by Crippen LogP contribution is -2.49. The molecule has 6 nitrogen and oxygen atoms in total. The molecule has 2 N–H and O–H groups in total. The van der Waals surface area contributed by atoms with Crippen LogP contribution in [0.15, 0.2) is 9.00 Å². The molecule has 8 heteroatoms. The largest absolute Gasteiger partial charge is 0.377 e. The zero-order valence-electron chi connectivity index (χ0n) is 10.3. The van der Waals surface area contributed by atoms with Gasteiger partial charge in [0.25, 0.3) is 10.0 Å². The van der Waals surface area contributed by atoms with Crippen LogP contribution >= 0.6 is 11.3 Å². The molecule has 0 amide bonds. The molecule has 0 spiro atoms. The summed E-state index contributed by atoms with van der Waals surface area (Å²) in [5, 5.41) is 0. The quantitative estimate of drug-likeness (QED) is 0.831. The fourth-order valence-electron chi connectivity index (χ4n) is 1.96. The van der Waals surface area contributed by atoms with E-state index in [0.29, 0.717) is 17.0 Å². The molecule has 102 valence electrons. The summed E-state index contributed by atoms with van der Waals surface area (Å²) in [6, 6.07) is 0. The van der Waals surface area contributed by atoms with Crippen molar-refractivity contribution in [3.8, 4) is 0 Å². The first-order valence-electron chi connectivity index (χ1n) is 5.63. The van der Waals surface area contributed by atoms with Crippen molar-refractivity contribution >= 4 is 21.4 Å². The molecule has 1 aliphatic rings. The van der Waals surface area contributed by atoms with Crippen molar-refractivity contribution in [2.45, 2.75) is 36.0 Å². The lowest BCUT2D eigenvalue weighted by atomic mass is 9.80. The minimum atomic E-state index is -3.63. The molecule has 1 heterocycles. The topological polar surface area (TPSA) is 88.3 Å². The number of sulfonamides is 1. The Morgan fingerprint density at radius 1 is 1.50 bits per heavy atom. The van der Waals surface area contributed by atoms with E-state index in [9.17, 15) is 13.2 Å². The third-order valence-corrected chi connectivity index (χ3v) is 6.31. The molecule has 18 heavy (non-hydrogen) atoms. The summed E-state index contributed by atoms with van der Waals surface area (Å²) in [5.74, 6) is 0. The van der Waals surface area contributed by atoms with Crippen LogP contribution < -0.4 is 9.60 Å². The van der Waals surface area contributed by atoms with Crippen molar-refractivity contribution in [1.82, 2.24) is 9.71 Å².